The molecule has 0 saturated carbocycles. The first kappa shape index (κ1) is 16.0. The molecule has 20 heavy (non-hydrogen) atoms. The van der Waals surface area contributed by atoms with Gasteiger partial charge in [-0.3, -0.25) is 0 Å². The zero-order chi connectivity index (χ0) is 14.5. The van der Waals surface area contributed by atoms with Crippen molar-refractivity contribution < 1.29 is 9.59 Å². The Morgan fingerprint density at radius 1 is 0.850 bits per heavy atom. The van der Waals surface area contributed by atoms with Gasteiger partial charge in [-0.1, -0.05) is 43.5 Å². The minimum Gasteiger partial charge on any atom is -0.211 e. The smallest absolute Gasteiger partial charge is 0.211 e. The van der Waals surface area contributed by atoms with E-state index in [2.05, 4.69) is 22.1 Å². The maximum atomic E-state index is 10.1. The molecule has 0 amide bonds. The minimum atomic E-state index is 0.411. The molecule has 0 aliphatic rings. The lowest BCUT2D eigenvalue weighted by Gasteiger charge is -2.03. The second-order valence-electron chi connectivity index (χ2n) is 4.72. The number of rotatable bonds is 10. The molecule has 4 heteroatoms. The van der Waals surface area contributed by atoms with Crippen LogP contribution in [0.1, 0.15) is 43.2 Å². The van der Waals surface area contributed by atoms with Crippen molar-refractivity contribution in [3.63, 3.8) is 0 Å². The first-order chi connectivity index (χ1) is 9.86. The van der Waals surface area contributed by atoms with Crippen LogP contribution in [0.15, 0.2) is 34.3 Å². The summed E-state index contributed by atoms with van der Waals surface area (Å²) in [5.74, 6) is 0. The fourth-order valence-corrected chi connectivity index (χ4v) is 2.10. The molecule has 0 saturated heterocycles. The Labute approximate surface area is 119 Å². The van der Waals surface area contributed by atoms with Crippen LogP contribution in [0.25, 0.3) is 0 Å². The molecular formula is C16H20N2O2. The van der Waals surface area contributed by atoms with E-state index in [4.69, 9.17) is 0 Å². The highest BCUT2D eigenvalue weighted by Gasteiger charge is 1.97. The highest BCUT2D eigenvalue weighted by Crippen LogP contribution is 2.11. The average Bonchev–Trinajstić information content (AvgIpc) is 2.48. The van der Waals surface area contributed by atoms with E-state index >= 15 is 0 Å². The van der Waals surface area contributed by atoms with Crippen molar-refractivity contribution in [3.8, 4) is 0 Å². The van der Waals surface area contributed by atoms with E-state index in [1.807, 2.05) is 12.1 Å². The summed E-state index contributed by atoms with van der Waals surface area (Å²) in [5, 5.41) is 0. The van der Waals surface area contributed by atoms with Crippen LogP contribution in [0.2, 0.25) is 0 Å². The highest BCUT2D eigenvalue weighted by molar-refractivity contribution is 5.34. The lowest BCUT2D eigenvalue weighted by molar-refractivity contribution is 0.560. The quantitative estimate of drug-likeness (QED) is 0.372. The summed E-state index contributed by atoms with van der Waals surface area (Å²) >= 11 is 0. The van der Waals surface area contributed by atoms with Crippen molar-refractivity contribution >= 4 is 12.2 Å². The van der Waals surface area contributed by atoms with E-state index in [0.29, 0.717) is 13.1 Å². The summed E-state index contributed by atoms with van der Waals surface area (Å²) < 4.78 is 0. The van der Waals surface area contributed by atoms with Crippen LogP contribution in [0, 0.1) is 0 Å². The number of carbonyl (C=O) groups excluding carboxylic acids is 2. The SMILES string of the molecule is O=C=NCCCCCCCc1cccc(CN=C=O)c1. The van der Waals surface area contributed by atoms with E-state index in [0.717, 1.165) is 31.2 Å². The van der Waals surface area contributed by atoms with Gasteiger partial charge in [0.1, 0.15) is 0 Å². The fourth-order valence-electron chi connectivity index (χ4n) is 2.10. The molecule has 0 aliphatic carbocycles. The molecule has 0 heterocycles. The van der Waals surface area contributed by atoms with E-state index in [1.54, 1.807) is 12.2 Å². The summed E-state index contributed by atoms with van der Waals surface area (Å²) in [6.07, 6.45) is 9.74. The van der Waals surface area contributed by atoms with Gasteiger partial charge in [-0.25, -0.2) is 19.6 Å². The number of isocyanates is 2. The van der Waals surface area contributed by atoms with Gasteiger partial charge in [-0.15, -0.1) is 0 Å². The number of benzene rings is 1. The summed E-state index contributed by atoms with van der Waals surface area (Å²) in [7, 11) is 0. The lowest BCUT2D eigenvalue weighted by atomic mass is 10.0. The first-order valence-electron chi connectivity index (χ1n) is 7.02. The minimum absolute atomic E-state index is 0.411. The molecule has 0 radical (unpaired) electrons. The van der Waals surface area contributed by atoms with E-state index in [9.17, 15) is 9.59 Å². The molecule has 0 unspecified atom stereocenters. The molecule has 0 bridgehead atoms. The monoisotopic (exact) mass is 272 g/mol. The molecule has 0 aromatic heterocycles. The van der Waals surface area contributed by atoms with Gasteiger partial charge in [0.2, 0.25) is 12.2 Å². The second-order valence-corrected chi connectivity index (χ2v) is 4.72. The van der Waals surface area contributed by atoms with Crippen LogP contribution >= 0.6 is 0 Å². The van der Waals surface area contributed by atoms with E-state index in [1.165, 1.54) is 18.4 Å². The van der Waals surface area contributed by atoms with Crippen LogP contribution < -0.4 is 0 Å². The molecule has 0 aliphatic heterocycles. The van der Waals surface area contributed by atoms with Gasteiger partial charge >= 0.3 is 0 Å². The van der Waals surface area contributed by atoms with Crippen molar-refractivity contribution in [3.05, 3.63) is 35.4 Å². The highest BCUT2D eigenvalue weighted by atomic mass is 16.1. The van der Waals surface area contributed by atoms with Crippen LogP contribution in [0.3, 0.4) is 0 Å². The van der Waals surface area contributed by atoms with Gasteiger partial charge in [0.05, 0.1) is 13.1 Å². The number of aryl methyl sites for hydroxylation is 1. The van der Waals surface area contributed by atoms with Gasteiger partial charge in [0.25, 0.3) is 0 Å². The van der Waals surface area contributed by atoms with Crippen LogP contribution in [-0.2, 0) is 22.6 Å². The van der Waals surface area contributed by atoms with Gasteiger partial charge in [-0.2, -0.15) is 0 Å². The third-order valence-corrected chi connectivity index (χ3v) is 3.12. The lowest BCUT2D eigenvalue weighted by Crippen LogP contribution is -1.89. The van der Waals surface area contributed by atoms with E-state index < -0.39 is 0 Å². The van der Waals surface area contributed by atoms with Crippen molar-refractivity contribution in [2.24, 2.45) is 9.98 Å². The van der Waals surface area contributed by atoms with Crippen molar-refractivity contribution in [2.75, 3.05) is 6.54 Å². The third-order valence-electron chi connectivity index (χ3n) is 3.12. The molecular weight excluding hydrogens is 252 g/mol. The zero-order valence-electron chi connectivity index (χ0n) is 11.7. The molecule has 1 rings (SSSR count). The van der Waals surface area contributed by atoms with Crippen molar-refractivity contribution in [1.82, 2.24) is 0 Å². The van der Waals surface area contributed by atoms with Gasteiger partial charge < -0.3 is 0 Å². The molecule has 1 aromatic rings. The fraction of sp³-hybridized carbons (Fsp3) is 0.500. The molecule has 1 aromatic carbocycles. The summed E-state index contributed by atoms with van der Waals surface area (Å²) in [5.41, 5.74) is 2.34. The third kappa shape index (κ3) is 7.42. The zero-order valence-corrected chi connectivity index (χ0v) is 11.7. The molecule has 0 spiro atoms. The Balaban J connectivity index is 2.18. The number of unbranched alkanes of at least 4 members (excludes halogenated alkanes) is 4. The topological polar surface area (TPSA) is 58.9 Å². The molecule has 0 atom stereocenters. The van der Waals surface area contributed by atoms with Crippen LogP contribution in [0.5, 0.6) is 0 Å². The molecule has 106 valence electrons. The number of hydrogen-bond acceptors (Lipinski definition) is 4. The maximum Gasteiger partial charge on any atom is 0.235 e. The van der Waals surface area contributed by atoms with Gasteiger partial charge in [0.15, 0.2) is 0 Å². The first-order valence-corrected chi connectivity index (χ1v) is 7.02. The van der Waals surface area contributed by atoms with Crippen LogP contribution in [-0.4, -0.2) is 18.7 Å². The Morgan fingerprint density at radius 2 is 1.55 bits per heavy atom. The van der Waals surface area contributed by atoms with Crippen molar-refractivity contribution in [2.45, 2.75) is 45.1 Å². The van der Waals surface area contributed by atoms with Gasteiger partial charge in [0, 0.05) is 0 Å². The predicted molar refractivity (Wildman–Crippen MR) is 78.0 cm³/mol. The average molecular weight is 272 g/mol. The maximum absolute atomic E-state index is 10.1. The normalized spacial score (nSPS) is 9.60. The Bertz CT molecular complexity index is 487. The van der Waals surface area contributed by atoms with E-state index in [-0.39, 0.29) is 0 Å². The number of aliphatic imine (C=N–C) groups is 2. The molecule has 4 nitrogen and oxygen atoms in total. The summed E-state index contributed by atoms with van der Waals surface area (Å²) in [6, 6.07) is 8.17. The summed E-state index contributed by atoms with van der Waals surface area (Å²) in [4.78, 5) is 27.1. The van der Waals surface area contributed by atoms with Crippen molar-refractivity contribution in [1.29, 1.82) is 0 Å². The number of hydrogen-bond donors (Lipinski definition) is 0. The Morgan fingerprint density at radius 3 is 2.35 bits per heavy atom. The molecule has 0 fully saturated rings. The van der Waals surface area contributed by atoms with Crippen LogP contribution in [0.4, 0.5) is 0 Å². The standard InChI is InChI=1S/C16H20N2O2/c19-13-17-10-5-3-1-2-4-7-15-8-6-9-16(11-15)12-18-14-20/h6,8-9,11H,1-5,7,10,12H2. The summed E-state index contributed by atoms with van der Waals surface area (Å²) in [6.45, 7) is 1.01. The largest absolute Gasteiger partial charge is 0.235 e. The Hall–Kier alpha value is -2.02. The Kier molecular flexibility index (Phi) is 8.71. The van der Waals surface area contributed by atoms with Gasteiger partial charge in [-0.05, 0) is 30.4 Å². The number of nitrogens with zero attached hydrogens (tertiary/aromatic N) is 2. The predicted octanol–water partition coefficient (Wildman–Crippen LogP) is 3.35. The molecule has 0 N–H and O–H groups in total. The second kappa shape index (κ2) is 10.9.